The minimum Gasteiger partial charge on any atom is -0.374 e. The van der Waals surface area contributed by atoms with E-state index in [1.54, 1.807) is 6.20 Å². The van der Waals surface area contributed by atoms with Crippen molar-refractivity contribution in [2.75, 3.05) is 38.2 Å². The van der Waals surface area contributed by atoms with Crippen LogP contribution in [-0.2, 0) is 4.74 Å². The van der Waals surface area contributed by atoms with Gasteiger partial charge in [0.05, 0.1) is 18.9 Å². The summed E-state index contributed by atoms with van der Waals surface area (Å²) in [4.78, 5) is 10.00. The van der Waals surface area contributed by atoms with E-state index < -0.39 is 0 Å². The molecule has 2 rings (SSSR count). The minimum absolute atomic E-state index is 0.185. The van der Waals surface area contributed by atoms with Gasteiger partial charge in [0, 0.05) is 26.7 Å². The Morgan fingerprint density at radius 3 is 3.25 bits per heavy atom. The molecule has 1 aromatic rings. The van der Waals surface area contributed by atoms with Gasteiger partial charge in [0.1, 0.15) is 11.3 Å². The maximum Gasteiger partial charge on any atom is 0.150 e. The molecule has 5 nitrogen and oxygen atoms in total. The quantitative estimate of drug-likeness (QED) is 0.839. The van der Waals surface area contributed by atoms with E-state index in [0.717, 1.165) is 32.1 Å². The number of nitrogens with one attached hydrogen (secondary N) is 1. The highest BCUT2D eigenvalue weighted by molar-refractivity contribution is 6.32. The summed E-state index contributed by atoms with van der Waals surface area (Å²) in [7, 11) is 1.95. The maximum atomic E-state index is 6.01. The van der Waals surface area contributed by atoms with Gasteiger partial charge in [-0.15, -0.1) is 0 Å². The number of morpholine rings is 1. The first kappa shape index (κ1) is 11.6. The van der Waals surface area contributed by atoms with E-state index in [1.165, 1.54) is 6.33 Å². The lowest BCUT2D eigenvalue weighted by atomic mass is 10.3. The van der Waals surface area contributed by atoms with Crippen LogP contribution < -0.4 is 10.2 Å². The number of halogens is 1. The van der Waals surface area contributed by atoms with Gasteiger partial charge in [-0.1, -0.05) is 11.6 Å². The number of rotatable bonds is 3. The first-order valence-corrected chi connectivity index (χ1v) is 5.64. The second kappa shape index (κ2) is 5.43. The second-order valence-corrected chi connectivity index (χ2v) is 4.18. The predicted molar refractivity (Wildman–Crippen MR) is 62.9 cm³/mol. The minimum atomic E-state index is 0.185. The van der Waals surface area contributed by atoms with Gasteiger partial charge in [0.25, 0.3) is 0 Å². The monoisotopic (exact) mass is 242 g/mol. The van der Waals surface area contributed by atoms with Crippen LogP contribution in [0.25, 0.3) is 0 Å². The zero-order chi connectivity index (χ0) is 11.4. The van der Waals surface area contributed by atoms with Crippen LogP contribution in [0, 0.1) is 0 Å². The molecule has 0 amide bonds. The average Bonchev–Trinajstić information content (AvgIpc) is 2.31. The molecule has 1 aromatic heterocycles. The Morgan fingerprint density at radius 1 is 1.69 bits per heavy atom. The lowest BCUT2D eigenvalue weighted by Crippen LogP contribution is -2.44. The molecule has 1 aliphatic heterocycles. The second-order valence-electron chi connectivity index (χ2n) is 3.77. The first-order chi connectivity index (χ1) is 7.77. The van der Waals surface area contributed by atoms with Gasteiger partial charge < -0.3 is 15.0 Å². The van der Waals surface area contributed by atoms with Gasteiger partial charge in [-0.3, -0.25) is 0 Å². The molecular formula is C10H15ClN4O. The molecule has 0 aliphatic carbocycles. The molecule has 2 heterocycles. The summed E-state index contributed by atoms with van der Waals surface area (Å²) in [5.74, 6) is 0.742. The average molecular weight is 243 g/mol. The third-order valence-corrected chi connectivity index (χ3v) is 2.76. The van der Waals surface area contributed by atoms with E-state index in [1.807, 2.05) is 11.9 Å². The fourth-order valence-corrected chi connectivity index (χ4v) is 1.97. The standard InChI is InChI=1S/C10H15ClN4O/c1-15(6-8-4-12-2-3-16-8)10-9(11)5-13-7-14-10/h5,7-8,12H,2-4,6H2,1H3. The molecule has 88 valence electrons. The number of aromatic nitrogens is 2. The Balaban J connectivity index is 1.96. The third kappa shape index (κ3) is 2.81. The van der Waals surface area contributed by atoms with Crippen molar-refractivity contribution in [1.82, 2.24) is 15.3 Å². The van der Waals surface area contributed by atoms with E-state index in [2.05, 4.69) is 15.3 Å². The molecule has 0 bridgehead atoms. The first-order valence-electron chi connectivity index (χ1n) is 5.26. The van der Waals surface area contributed by atoms with Crippen LogP contribution in [0.5, 0.6) is 0 Å². The normalized spacial score (nSPS) is 20.8. The van der Waals surface area contributed by atoms with E-state index in [4.69, 9.17) is 16.3 Å². The molecule has 1 aliphatic rings. The molecule has 1 N–H and O–H groups in total. The topological polar surface area (TPSA) is 50.3 Å². The molecular weight excluding hydrogens is 228 g/mol. The molecule has 0 radical (unpaired) electrons. The van der Waals surface area contributed by atoms with E-state index >= 15 is 0 Å². The van der Waals surface area contributed by atoms with Crippen LogP contribution in [0.4, 0.5) is 5.82 Å². The molecule has 1 atom stereocenters. The lowest BCUT2D eigenvalue weighted by Gasteiger charge is -2.28. The number of hydrogen-bond donors (Lipinski definition) is 1. The Kier molecular flexibility index (Phi) is 3.93. The van der Waals surface area contributed by atoms with Gasteiger partial charge in [0.2, 0.25) is 0 Å². The highest BCUT2D eigenvalue weighted by atomic mass is 35.5. The SMILES string of the molecule is CN(CC1CNCCO1)c1ncncc1Cl. The molecule has 1 fully saturated rings. The summed E-state index contributed by atoms with van der Waals surface area (Å²) in [5, 5.41) is 3.85. The van der Waals surface area contributed by atoms with Crippen LogP contribution in [0.15, 0.2) is 12.5 Å². The summed E-state index contributed by atoms with van der Waals surface area (Å²) < 4.78 is 5.62. The van der Waals surface area contributed by atoms with Crippen molar-refractivity contribution in [2.24, 2.45) is 0 Å². The Morgan fingerprint density at radius 2 is 2.56 bits per heavy atom. The largest absolute Gasteiger partial charge is 0.374 e. The van der Waals surface area contributed by atoms with Gasteiger partial charge >= 0.3 is 0 Å². The van der Waals surface area contributed by atoms with Crippen molar-refractivity contribution < 1.29 is 4.74 Å². The fourth-order valence-electron chi connectivity index (χ4n) is 1.72. The summed E-state index contributed by atoms with van der Waals surface area (Å²) in [5.41, 5.74) is 0. The number of ether oxygens (including phenoxy) is 1. The predicted octanol–water partition coefficient (Wildman–Crippen LogP) is 0.555. The van der Waals surface area contributed by atoms with Crippen molar-refractivity contribution in [2.45, 2.75) is 6.10 Å². The molecule has 16 heavy (non-hydrogen) atoms. The summed E-state index contributed by atoms with van der Waals surface area (Å²) in [6.45, 7) is 3.32. The Labute approximate surface area is 99.8 Å². The van der Waals surface area contributed by atoms with Crippen LogP contribution in [-0.4, -0.2) is 49.4 Å². The fraction of sp³-hybridized carbons (Fsp3) is 0.600. The maximum absolute atomic E-state index is 6.01. The summed E-state index contributed by atoms with van der Waals surface area (Å²) >= 11 is 6.01. The smallest absolute Gasteiger partial charge is 0.150 e. The van der Waals surface area contributed by atoms with Gasteiger partial charge in [0.15, 0.2) is 5.82 Å². The molecule has 1 saturated heterocycles. The summed E-state index contributed by atoms with van der Waals surface area (Å²) in [6, 6.07) is 0. The van der Waals surface area contributed by atoms with Crippen LogP contribution in [0.1, 0.15) is 0 Å². The summed E-state index contributed by atoms with van der Waals surface area (Å²) in [6.07, 6.45) is 3.28. The molecule has 0 saturated carbocycles. The van der Waals surface area contributed by atoms with Gasteiger partial charge in [-0.25, -0.2) is 9.97 Å². The highest BCUT2D eigenvalue weighted by Gasteiger charge is 2.17. The van der Waals surface area contributed by atoms with E-state index in [9.17, 15) is 0 Å². The molecule has 6 heteroatoms. The van der Waals surface area contributed by atoms with Crippen molar-refractivity contribution in [3.05, 3.63) is 17.5 Å². The van der Waals surface area contributed by atoms with E-state index in [0.29, 0.717) is 5.02 Å². The van der Waals surface area contributed by atoms with Gasteiger partial charge in [-0.05, 0) is 0 Å². The molecule has 0 spiro atoms. The van der Waals surface area contributed by atoms with E-state index in [-0.39, 0.29) is 6.10 Å². The number of nitrogens with zero attached hydrogens (tertiary/aromatic N) is 3. The zero-order valence-corrected chi connectivity index (χ0v) is 9.94. The third-order valence-electron chi connectivity index (χ3n) is 2.49. The lowest BCUT2D eigenvalue weighted by molar-refractivity contribution is 0.0339. The van der Waals surface area contributed by atoms with Gasteiger partial charge in [-0.2, -0.15) is 0 Å². The van der Waals surface area contributed by atoms with Crippen LogP contribution in [0.2, 0.25) is 5.02 Å². The van der Waals surface area contributed by atoms with Crippen LogP contribution in [0.3, 0.4) is 0 Å². The molecule has 0 aromatic carbocycles. The Bertz CT molecular complexity index is 343. The number of anilines is 1. The number of hydrogen-bond acceptors (Lipinski definition) is 5. The zero-order valence-electron chi connectivity index (χ0n) is 9.19. The molecule has 1 unspecified atom stereocenters. The van der Waals surface area contributed by atoms with Crippen molar-refractivity contribution in [1.29, 1.82) is 0 Å². The highest BCUT2D eigenvalue weighted by Crippen LogP contribution is 2.20. The van der Waals surface area contributed by atoms with Crippen molar-refractivity contribution in [3.8, 4) is 0 Å². The van der Waals surface area contributed by atoms with Crippen LogP contribution >= 0.6 is 11.6 Å². The van der Waals surface area contributed by atoms with Crippen molar-refractivity contribution >= 4 is 17.4 Å². The van der Waals surface area contributed by atoms with Crippen molar-refractivity contribution in [3.63, 3.8) is 0 Å². The Hall–Kier alpha value is -0.910. The number of likely N-dealkylation sites (N-methyl/N-ethyl adjacent to an activating group) is 1.